The lowest BCUT2D eigenvalue weighted by atomic mass is 9.83. The molecule has 2 aliphatic rings. The molecular weight excluding hydrogens is 336 g/mol. The normalized spacial score (nSPS) is 22.0. The number of amides is 1. The number of pyridine rings is 1. The first kappa shape index (κ1) is 14.9. The van der Waals surface area contributed by atoms with Crippen molar-refractivity contribution in [2.75, 3.05) is 0 Å². The number of nitrogens with zero attached hydrogens (tertiary/aromatic N) is 3. The molecule has 2 unspecified atom stereocenters. The maximum atomic E-state index is 13.3. The van der Waals surface area contributed by atoms with E-state index in [4.69, 9.17) is 11.6 Å². The van der Waals surface area contributed by atoms with E-state index in [1.54, 1.807) is 6.07 Å². The van der Waals surface area contributed by atoms with Crippen molar-refractivity contribution in [3.05, 3.63) is 58.5 Å². The van der Waals surface area contributed by atoms with Gasteiger partial charge in [-0.3, -0.25) is 9.89 Å². The molecule has 126 valence electrons. The molecule has 0 saturated carbocycles. The minimum Gasteiger partial charge on any atom is -0.327 e. The number of aromatic nitrogens is 3. The minimum absolute atomic E-state index is 0.00317. The van der Waals surface area contributed by atoms with Crippen molar-refractivity contribution in [2.45, 2.75) is 37.8 Å². The molecule has 2 aromatic heterocycles. The molecule has 0 radical (unpaired) electrons. The third-order valence-corrected chi connectivity index (χ3v) is 5.64. The first-order valence-electron chi connectivity index (χ1n) is 8.62. The summed E-state index contributed by atoms with van der Waals surface area (Å²) in [4.78, 5) is 19.9. The van der Waals surface area contributed by atoms with Gasteiger partial charge in [-0.2, -0.15) is 5.10 Å². The summed E-state index contributed by atoms with van der Waals surface area (Å²) in [5.41, 5.74) is 3.58. The first-order valence-corrected chi connectivity index (χ1v) is 8.99. The van der Waals surface area contributed by atoms with Gasteiger partial charge < -0.3 is 4.90 Å². The number of nitrogens with one attached hydrogen (secondary N) is 1. The second kappa shape index (κ2) is 5.56. The first-order chi connectivity index (χ1) is 12.2. The molecule has 0 aliphatic carbocycles. The van der Waals surface area contributed by atoms with Crippen LogP contribution in [-0.2, 0) is 6.42 Å². The van der Waals surface area contributed by atoms with E-state index >= 15 is 0 Å². The van der Waals surface area contributed by atoms with Gasteiger partial charge in [0.05, 0.1) is 17.8 Å². The summed E-state index contributed by atoms with van der Waals surface area (Å²) in [5.74, 6) is 0.00317. The van der Waals surface area contributed by atoms with Crippen LogP contribution < -0.4 is 0 Å². The molecule has 5 nitrogen and oxygen atoms in total. The van der Waals surface area contributed by atoms with Crippen molar-refractivity contribution in [2.24, 2.45) is 0 Å². The average Bonchev–Trinajstić information content (AvgIpc) is 3.08. The van der Waals surface area contributed by atoms with Crippen molar-refractivity contribution in [3.63, 3.8) is 0 Å². The number of carbonyl (C=O) groups is 1. The van der Waals surface area contributed by atoms with Gasteiger partial charge in [0.2, 0.25) is 0 Å². The largest absolute Gasteiger partial charge is 0.327 e. The van der Waals surface area contributed by atoms with E-state index < -0.39 is 0 Å². The van der Waals surface area contributed by atoms with Crippen LogP contribution in [0.25, 0.3) is 10.9 Å². The van der Waals surface area contributed by atoms with Crippen LogP contribution in [0.5, 0.6) is 0 Å². The Kier molecular flexibility index (Phi) is 3.31. The van der Waals surface area contributed by atoms with Crippen LogP contribution in [0.4, 0.5) is 0 Å². The molecule has 1 saturated heterocycles. The molecule has 0 spiro atoms. The van der Waals surface area contributed by atoms with E-state index in [1.807, 2.05) is 35.4 Å². The predicted molar refractivity (Wildman–Crippen MR) is 95.6 cm³/mol. The number of hydrogen-bond acceptors (Lipinski definition) is 3. The zero-order chi connectivity index (χ0) is 17.0. The summed E-state index contributed by atoms with van der Waals surface area (Å²) in [7, 11) is 0. The van der Waals surface area contributed by atoms with Gasteiger partial charge in [-0.25, -0.2) is 4.98 Å². The molecule has 6 heteroatoms. The number of piperidine rings is 1. The van der Waals surface area contributed by atoms with Crippen LogP contribution >= 0.6 is 11.6 Å². The summed E-state index contributed by atoms with van der Waals surface area (Å²) in [6.45, 7) is 0. The van der Waals surface area contributed by atoms with E-state index in [9.17, 15) is 4.79 Å². The summed E-state index contributed by atoms with van der Waals surface area (Å²) in [6, 6.07) is 9.64. The lowest BCUT2D eigenvalue weighted by Crippen LogP contribution is -2.49. The van der Waals surface area contributed by atoms with E-state index in [0.717, 1.165) is 42.1 Å². The number of carbonyl (C=O) groups excluding carboxylic acids is 1. The van der Waals surface area contributed by atoms with E-state index in [0.29, 0.717) is 10.7 Å². The van der Waals surface area contributed by atoms with Crippen LogP contribution in [-0.4, -0.2) is 32.0 Å². The fraction of sp³-hybridized carbons (Fsp3) is 0.316. The Morgan fingerprint density at radius 3 is 3.04 bits per heavy atom. The highest BCUT2D eigenvalue weighted by Crippen LogP contribution is 2.41. The maximum absolute atomic E-state index is 13.3. The maximum Gasteiger partial charge on any atom is 0.273 e. The zero-order valence-corrected chi connectivity index (χ0v) is 14.3. The Bertz CT molecular complexity index is 982. The molecule has 1 aromatic carbocycles. The highest BCUT2D eigenvalue weighted by molar-refractivity contribution is 6.31. The van der Waals surface area contributed by atoms with Crippen LogP contribution in [0.1, 0.15) is 47.1 Å². The van der Waals surface area contributed by atoms with Gasteiger partial charge >= 0.3 is 0 Å². The molecule has 3 aromatic rings. The second-order valence-corrected chi connectivity index (χ2v) is 7.29. The van der Waals surface area contributed by atoms with Crippen LogP contribution in [0.3, 0.4) is 0 Å². The standard InChI is InChI=1S/C19H17ClN4O/c20-12-6-4-11-5-7-15(22-16(11)8-12)19(25)24-13-2-1-3-18(24)14-10-21-23-17(14)9-13/h4-8,10,13,18H,1-3,9H2,(H,21,23). The van der Waals surface area contributed by atoms with Crippen molar-refractivity contribution in [1.82, 2.24) is 20.1 Å². The molecule has 1 fully saturated rings. The molecular formula is C19H17ClN4O. The average molecular weight is 353 g/mol. The summed E-state index contributed by atoms with van der Waals surface area (Å²) in [5, 5.41) is 8.90. The number of aromatic amines is 1. The van der Waals surface area contributed by atoms with Crippen molar-refractivity contribution >= 4 is 28.4 Å². The smallest absolute Gasteiger partial charge is 0.273 e. The van der Waals surface area contributed by atoms with E-state index in [-0.39, 0.29) is 18.0 Å². The zero-order valence-electron chi connectivity index (χ0n) is 13.6. The summed E-state index contributed by atoms with van der Waals surface area (Å²) in [6.07, 6.45) is 5.87. The van der Waals surface area contributed by atoms with Crippen molar-refractivity contribution < 1.29 is 4.79 Å². The van der Waals surface area contributed by atoms with E-state index in [2.05, 4.69) is 15.2 Å². The highest BCUT2D eigenvalue weighted by Gasteiger charge is 2.41. The van der Waals surface area contributed by atoms with Crippen LogP contribution in [0.15, 0.2) is 36.5 Å². The Morgan fingerprint density at radius 2 is 2.12 bits per heavy atom. The molecule has 2 bridgehead atoms. The Morgan fingerprint density at radius 1 is 1.24 bits per heavy atom. The monoisotopic (exact) mass is 352 g/mol. The van der Waals surface area contributed by atoms with Gasteiger partial charge in [0.1, 0.15) is 5.69 Å². The summed E-state index contributed by atoms with van der Waals surface area (Å²) >= 11 is 6.08. The molecule has 2 atom stereocenters. The lowest BCUT2D eigenvalue weighted by Gasteiger charge is -2.45. The number of rotatable bonds is 1. The van der Waals surface area contributed by atoms with Crippen LogP contribution in [0, 0.1) is 0 Å². The van der Waals surface area contributed by atoms with Crippen LogP contribution in [0.2, 0.25) is 5.02 Å². The second-order valence-electron chi connectivity index (χ2n) is 6.85. The fourth-order valence-corrected chi connectivity index (χ4v) is 4.41. The number of fused-ring (bicyclic) bond motifs is 5. The SMILES string of the molecule is O=C(c1ccc2ccc(Cl)cc2n1)N1C2CCCC1c1cn[nH]c1C2. The number of benzene rings is 1. The van der Waals surface area contributed by atoms with Gasteiger partial charge in [0.15, 0.2) is 0 Å². The van der Waals surface area contributed by atoms with Gasteiger partial charge in [0.25, 0.3) is 5.91 Å². The van der Waals surface area contributed by atoms with Crippen molar-refractivity contribution in [1.29, 1.82) is 0 Å². The fourth-order valence-electron chi connectivity index (χ4n) is 4.24. The van der Waals surface area contributed by atoms with Gasteiger partial charge in [-0.15, -0.1) is 0 Å². The van der Waals surface area contributed by atoms with Gasteiger partial charge in [-0.05, 0) is 37.5 Å². The topological polar surface area (TPSA) is 61.9 Å². The van der Waals surface area contributed by atoms with Gasteiger partial charge in [-0.1, -0.05) is 23.7 Å². The van der Waals surface area contributed by atoms with Crippen molar-refractivity contribution in [3.8, 4) is 0 Å². The number of hydrogen-bond donors (Lipinski definition) is 1. The third-order valence-electron chi connectivity index (χ3n) is 5.40. The molecule has 4 heterocycles. The highest BCUT2D eigenvalue weighted by atomic mass is 35.5. The van der Waals surface area contributed by atoms with E-state index in [1.165, 1.54) is 5.69 Å². The molecule has 5 rings (SSSR count). The predicted octanol–water partition coefficient (Wildman–Crippen LogP) is 3.90. The Labute approximate surface area is 150 Å². The van der Waals surface area contributed by atoms with Gasteiger partial charge in [0, 0.05) is 34.1 Å². The quantitative estimate of drug-likeness (QED) is 0.722. The Hall–Kier alpha value is -2.40. The molecule has 1 amide bonds. The number of H-pyrrole nitrogens is 1. The molecule has 25 heavy (non-hydrogen) atoms. The summed E-state index contributed by atoms with van der Waals surface area (Å²) < 4.78 is 0. The Balaban J connectivity index is 1.56. The molecule has 1 N–H and O–H groups in total. The lowest BCUT2D eigenvalue weighted by molar-refractivity contribution is 0.0393. The minimum atomic E-state index is 0.00317. The third kappa shape index (κ3) is 2.34. The molecule has 2 aliphatic heterocycles. The number of halogens is 1.